The molecule has 0 unspecified atom stereocenters. The number of para-hydroxylation sites is 11. The Balaban J connectivity index is 0.0000000961. The zero-order valence-electron chi connectivity index (χ0n) is 71.4. The third-order valence-corrected chi connectivity index (χ3v) is 28.3. The van der Waals surface area contributed by atoms with Crippen LogP contribution in [0.25, 0.3) is 290 Å². The van der Waals surface area contributed by atoms with E-state index in [0.29, 0.717) is 17.6 Å². The van der Waals surface area contributed by atoms with Gasteiger partial charge in [0.05, 0.1) is 105 Å². The number of aromatic nitrogens is 13. The van der Waals surface area contributed by atoms with Gasteiger partial charge in [0.25, 0.3) is 0 Å². The molecule has 32 aromatic rings. The minimum atomic E-state index is 0.291. The molecule has 0 spiro atoms. The Morgan fingerprint density at radius 2 is 0.537 bits per heavy atom. The summed E-state index contributed by atoms with van der Waals surface area (Å²) >= 11 is 0. The first-order valence-electron chi connectivity index (χ1n) is 45.2. The molecule has 0 N–H and O–H groups in total. The van der Waals surface area contributed by atoms with E-state index in [2.05, 4.69) is 370 Å². The van der Waals surface area contributed by atoms with Crippen LogP contribution in [0.5, 0.6) is 0 Å². The highest BCUT2D eigenvalue weighted by molar-refractivity contribution is 6.38. The van der Waals surface area contributed by atoms with E-state index in [-0.39, 0.29) is 0 Å². The van der Waals surface area contributed by atoms with E-state index in [1.54, 1.807) is 6.20 Å². The summed E-state index contributed by atoms with van der Waals surface area (Å²) in [6.45, 7) is 8.14. The Labute approximate surface area is 759 Å². The number of benzene rings is 19. The molecule has 0 aliphatic heterocycles. The smallest absolute Gasteiger partial charge is 0.313 e. The van der Waals surface area contributed by atoms with Gasteiger partial charge in [0.15, 0.2) is 17.2 Å². The molecule has 0 amide bonds. The van der Waals surface area contributed by atoms with Gasteiger partial charge in [0, 0.05) is 126 Å². The highest BCUT2D eigenvalue weighted by Crippen LogP contribution is 2.53. The Morgan fingerprint density at radius 3 is 0.970 bits per heavy atom. The molecule has 19 aromatic carbocycles. The number of rotatable bonds is 5. The van der Waals surface area contributed by atoms with Crippen molar-refractivity contribution in [1.82, 2.24) is 61.8 Å². The topological polar surface area (TPSA) is 123 Å². The fourth-order valence-electron chi connectivity index (χ4n) is 22.7. The molecule has 0 atom stereocenters. The van der Waals surface area contributed by atoms with Crippen molar-refractivity contribution in [2.24, 2.45) is 0 Å². The standard InChI is InChI=1S/C42H24N4.C41H23N5.C37H19N5/c1-2-12-25(13-3-1)39-42(44-34-19-9-8-18-33(34)43-39)46-37-23-27-15-5-4-14-26(27)22-30(37)32-24-31-28-16-6-10-20-35(28)45-36-21-11-7-17-29(36)38(40(31)45)41(32)46;1-2-11-25-21-36-30(20-24(25)10-1)32-22-31-27-13-4-7-17-34(27)45-35-18-8-5-15-29(35)37(39(31)45)40(32)46(36)41-43-33-16-6-3-14-28(33)38(44-41)26-12-9-19-42-23-26;1-38-36-37(40-29-15-7-6-14-28(29)39-36)42-32-19-22-11-3-2-10-21(22)18-25(32)27-20-26-23-12-4-8-16-30(23)41-31-17-9-5-13-24(31)33(34(26)41)35(27)42/h1-24H;1-23H;2-20H. The maximum Gasteiger partial charge on any atom is 0.313 e. The lowest BCUT2D eigenvalue weighted by Crippen LogP contribution is -2.04. The number of fused-ring (bicyclic) bond motifs is 36. The third kappa shape index (κ3) is 9.96. The van der Waals surface area contributed by atoms with E-state index in [0.717, 1.165) is 111 Å². The second kappa shape index (κ2) is 27.2. The molecule has 13 heterocycles. The van der Waals surface area contributed by atoms with Crippen molar-refractivity contribution in [2.45, 2.75) is 0 Å². The van der Waals surface area contributed by atoms with Crippen LogP contribution in [-0.4, -0.2) is 61.8 Å². The van der Waals surface area contributed by atoms with Gasteiger partial charge in [0.2, 0.25) is 5.95 Å². The fourth-order valence-corrected chi connectivity index (χ4v) is 22.7. The second-order valence-electron chi connectivity index (χ2n) is 35.2. The molecule has 0 radical (unpaired) electrons. The number of hydrogen-bond acceptors (Lipinski definition) is 7. The lowest BCUT2D eigenvalue weighted by Gasteiger charge is -2.14. The van der Waals surface area contributed by atoms with Gasteiger partial charge in [-0.15, -0.1) is 4.98 Å². The summed E-state index contributed by atoms with van der Waals surface area (Å²) in [6, 6.07) is 138. The molecule has 0 fully saturated rings. The van der Waals surface area contributed by atoms with Crippen LogP contribution in [0.3, 0.4) is 0 Å². The van der Waals surface area contributed by atoms with Gasteiger partial charge in [-0.05, 0) is 166 Å². The van der Waals surface area contributed by atoms with Gasteiger partial charge < -0.3 is 22.6 Å². The second-order valence-corrected chi connectivity index (χ2v) is 35.2. The third-order valence-electron chi connectivity index (χ3n) is 28.3. The van der Waals surface area contributed by atoms with E-state index in [4.69, 9.17) is 36.5 Å². The zero-order valence-corrected chi connectivity index (χ0v) is 71.4. The molecule has 0 aliphatic carbocycles. The summed E-state index contributed by atoms with van der Waals surface area (Å²) in [5.41, 5.74) is 25.4. The lowest BCUT2D eigenvalue weighted by atomic mass is 10.0. The van der Waals surface area contributed by atoms with E-state index in [9.17, 15) is 0 Å². The van der Waals surface area contributed by atoms with Crippen LogP contribution in [0.15, 0.2) is 401 Å². The molecular formula is C120H66N14. The van der Waals surface area contributed by atoms with E-state index < -0.39 is 0 Å². The molecule has 14 heteroatoms. The lowest BCUT2D eigenvalue weighted by molar-refractivity contribution is 1.02. The predicted molar refractivity (Wildman–Crippen MR) is 553 cm³/mol. The first kappa shape index (κ1) is 72.4. The largest absolute Gasteiger partial charge is 0.358 e. The maximum atomic E-state index is 8.14. The number of nitrogens with zero attached hydrogens (tertiary/aromatic N) is 14. The monoisotopic (exact) mass is 1700 g/mol. The summed E-state index contributed by atoms with van der Waals surface area (Å²) in [6.07, 6.45) is 3.69. The highest BCUT2D eigenvalue weighted by atomic mass is 15.2. The molecule has 14 nitrogen and oxygen atoms in total. The fraction of sp³-hybridized carbons (Fsp3) is 0. The SMILES string of the molecule is [C-]#[N+]c1nc2ccccc2nc1-n1c2cc3ccccc3cc2c2cc3c4ccccc4n4c5ccccc5c(c21)c34.c1ccc(-c2nc3ccccc3nc2-n2c3cc4ccccc4cc3c3cc4c5ccccc5n5c6ccccc6c(c32)c45)cc1.c1cncc(-c2nc(-n3c4cc5ccccc5cc4c4cc5c6ccccc6n6c7ccccc7c(c43)c56)nc3ccccc23)c1. The zero-order chi connectivity index (χ0) is 87.4. The van der Waals surface area contributed by atoms with Crippen molar-refractivity contribution in [3.8, 4) is 40.1 Å². The first-order chi connectivity index (χ1) is 66.5. The summed E-state index contributed by atoms with van der Waals surface area (Å²) in [4.78, 5) is 39.7. The molecule has 0 aliphatic rings. The molecule has 32 rings (SSSR count). The Morgan fingerprint density at radius 1 is 0.209 bits per heavy atom. The van der Waals surface area contributed by atoms with Crippen LogP contribution in [0, 0.1) is 6.57 Å². The quantitative estimate of drug-likeness (QED) is 0.157. The summed E-state index contributed by atoms with van der Waals surface area (Å²) in [5.74, 6) is 2.33. The Kier molecular flexibility index (Phi) is 14.7. The Hall–Kier alpha value is -18.6. The van der Waals surface area contributed by atoms with Gasteiger partial charge in [-0.3, -0.25) is 14.1 Å². The molecule has 13 aromatic heterocycles. The van der Waals surface area contributed by atoms with Crippen LogP contribution < -0.4 is 0 Å². The average Bonchev–Trinajstić information content (AvgIpc) is 1.52. The molecular weight excluding hydrogens is 1640 g/mol. The molecule has 0 saturated heterocycles. The Bertz CT molecular complexity index is 10800. The highest BCUT2D eigenvalue weighted by Gasteiger charge is 2.32. The van der Waals surface area contributed by atoms with Gasteiger partial charge in [-0.2, -0.15) is 0 Å². The normalized spacial score (nSPS) is 12.3. The first-order valence-corrected chi connectivity index (χ1v) is 45.2. The minimum Gasteiger partial charge on any atom is -0.358 e. The van der Waals surface area contributed by atoms with Gasteiger partial charge in [-0.25, -0.2) is 24.9 Å². The number of hydrogen-bond donors (Lipinski definition) is 0. The van der Waals surface area contributed by atoms with Crippen LogP contribution >= 0.6 is 0 Å². The van der Waals surface area contributed by atoms with Crippen molar-refractivity contribution in [2.75, 3.05) is 0 Å². The summed E-state index contributed by atoms with van der Waals surface area (Å²) < 4.78 is 14.2. The van der Waals surface area contributed by atoms with Gasteiger partial charge >= 0.3 is 5.82 Å². The molecule has 0 saturated carbocycles. The van der Waals surface area contributed by atoms with E-state index in [1.165, 1.54) is 163 Å². The average molecular weight is 1700 g/mol. The molecule has 616 valence electrons. The van der Waals surface area contributed by atoms with Crippen molar-refractivity contribution in [3.63, 3.8) is 0 Å². The van der Waals surface area contributed by atoms with E-state index >= 15 is 0 Å². The van der Waals surface area contributed by atoms with Gasteiger partial charge in [0.1, 0.15) is 11.2 Å². The maximum absolute atomic E-state index is 8.14. The van der Waals surface area contributed by atoms with Crippen molar-refractivity contribution in [3.05, 3.63) is 412 Å². The predicted octanol–water partition coefficient (Wildman–Crippen LogP) is 30.4. The van der Waals surface area contributed by atoms with Gasteiger partial charge in [-0.1, -0.05) is 261 Å². The van der Waals surface area contributed by atoms with Crippen LogP contribution in [0.2, 0.25) is 0 Å². The van der Waals surface area contributed by atoms with Crippen molar-refractivity contribution in [1.29, 1.82) is 0 Å². The number of pyridine rings is 1. The minimum absolute atomic E-state index is 0.291. The van der Waals surface area contributed by atoms with E-state index in [1.807, 2.05) is 60.8 Å². The van der Waals surface area contributed by atoms with Crippen molar-refractivity contribution >= 4 is 251 Å². The van der Waals surface area contributed by atoms with Crippen LogP contribution in [0.1, 0.15) is 0 Å². The summed E-state index contributed by atoms with van der Waals surface area (Å²) in [7, 11) is 0. The summed E-state index contributed by atoms with van der Waals surface area (Å²) in [5, 5.41) is 30.0. The van der Waals surface area contributed by atoms with Crippen LogP contribution in [0.4, 0.5) is 5.82 Å². The van der Waals surface area contributed by atoms with Crippen LogP contribution in [-0.2, 0) is 0 Å². The van der Waals surface area contributed by atoms with Crippen molar-refractivity contribution < 1.29 is 0 Å². The molecule has 134 heavy (non-hydrogen) atoms. The molecule has 0 bridgehead atoms.